The zero-order valence-electron chi connectivity index (χ0n) is 17.9. The lowest BCUT2D eigenvalue weighted by Gasteiger charge is -2.22. The number of likely N-dealkylation sites (N-methyl/N-ethyl adjacent to an activating group) is 2. The summed E-state index contributed by atoms with van der Waals surface area (Å²) >= 11 is 5.93. The van der Waals surface area contributed by atoms with Crippen molar-refractivity contribution in [2.24, 2.45) is 0 Å². The summed E-state index contributed by atoms with van der Waals surface area (Å²) in [6, 6.07) is 19.0. The molecule has 0 heterocycles. The molecule has 162 valence electrons. The zero-order chi connectivity index (χ0) is 22.4. The zero-order valence-corrected chi connectivity index (χ0v) is 18.6. The lowest BCUT2D eigenvalue weighted by Crippen LogP contribution is -2.39. The molecule has 0 unspecified atom stereocenters. The topological polar surface area (TPSA) is 61.9 Å². The van der Waals surface area contributed by atoms with Gasteiger partial charge in [-0.05, 0) is 59.8 Å². The second-order valence-corrected chi connectivity index (χ2v) is 7.96. The SMILES string of the molecule is COc1ccc2cc(CN(C)C(=O)CN(C)CC(=O)Nc3cccc(Cl)c3)ccc2c1. The van der Waals surface area contributed by atoms with Crippen LogP contribution in [0, 0.1) is 0 Å². The normalized spacial score (nSPS) is 10.9. The van der Waals surface area contributed by atoms with Crippen LogP contribution in [-0.4, -0.2) is 55.9 Å². The van der Waals surface area contributed by atoms with Crippen LogP contribution in [0.4, 0.5) is 5.69 Å². The van der Waals surface area contributed by atoms with Gasteiger partial charge in [0.25, 0.3) is 0 Å². The number of fused-ring (bicyclic) bond motifs is 1. The Kier molecular flexibility index (Phi) is 7.50. The van der Waals surface area contributed by atoms with Gasteiger partial charge in [-0.1, -0.05) is 35.9 Å². The number of nitrogens with one attached hydrogen (secondary N) is 1. The smallest absolute Gasteiger partial charge is 0.238 e. The van der Waals surface area contributed by atoms with Gasteiger partial charge in [-0.2, -0.15) is 0 Å². The summed E-state index contributed by atoms with van der Waals surface area (Å²) in [5.41, 5.74) is 1.66. The van der Waals surface area contributed by atoms with E-state index in [1.807, 2.05) is 30.3 Å². The van der Waals surface area contributed by atoms with Crippen LogP contribution in [0.15, 0.2) is 60.7 Å². The van der Waals surface area contributed by atoms with E-state index in [1.54, 1.807) is 55.3 Å². The Morgan fingerprint density at radius 2 is 1.71 bits per heavy atom. The van der Waals surface area contributed by atoms with Crippen LogP contribution in [0.5, 0.6) is 5.75 Å². The standard InChI is InChI=1S/C24H26ClN3O3/c1-27(15-23(29)26-21-6-4-5-20(25)13-21)16-24(30)28(2)14-17-7-8-19-12-22(31-3)10-9-18(19)11-17/h4-13H,14-16H2,1-3H3,(H,26,29). The molecule has 0 saturated heterocycles. The van der Waals surface area contributed by atoms with Gasteiger partial charge in [0.05, 0.1) is 20.2 Å². The first-order chi connectivity index (χ1) is 14.8. The number of anilines is 1. The Morgan fingerprint density at radius 3 is 2.45 bits per heavy atom. The summed E-state index contributed by atoms with van der Waals surface area (Å²) in [7, 11) is 5.15. The van der Waals surface area contributed by atoms with E-state index in [-0.39, 0.29) is 24.9 Å². The molecule has 0 aliphatic rings. The first-order valence-electron chi connectivity index (χ1n) is 9.88. The van der Waals surface area contributed by atoms with Gasteiger partial charge >= 0.3 is 0 Å². The highest BCUT2D eigenvalue weighted by molar-refractivity contribution is 6.30. The molecular formula is C24H26ClN3O3. The fraction of sp³-hybridized carbons (Fsp3) is 0.250. The van der Waals surface area contributed by atoms with Crippen LogP contribution >= 0.6 is 11.6 Å². The summed E-state index contributed by atoms with van der Waals surface area (Å²) in [6.07, 6.45) is 0. The third kappa shape index (κ3) is 6.44. The number of carbonyl (C=O) groups excluding carboxylic acids is 2. The number of nitrogens with zero attached hydrogens (tertiary/aromatic N) is 2. The molecule has 0 radical (unpaired) electrons. The predicted molar refractivity (Wildman–Crippen MR) is 125 cm³/mol. The number of methoxy groups -OCH3 is 1. The van der Waals surface area contributed by atoms with Crippen LogP contribution in [0.3, 0.4) is 0 Å². The van der Waals surface area contributed by atoms with Gasteiger partial charge in [0.1, 0.15) is 5.75 Å². The van der Waals surface area contributed by atoms with E-state index >= 15 is 0 Å². The van der Waals surface area contributed by atoms with Crippen LogP contribution in [0.25, 0.3) is 10.8 Å². The van der Waals surface area contributed by atoms with Crippen molar-refractivity contribution in [2.45, 2.75) is 6.54 Å². The molecule has 3 aromatic carbocycles. The largest absolute Gasteiger partial charge is 0.497 e. The minimum absolute atomic E-state index is 0.0621. The molecule has 0 atom stereocenters. The molecule has 6 nitrogen and oxygen atoms in total. The molecule has 0 aliphatic carbocycles. The third-order valence-corrected chi connectivity index (χ3v) is 5.12. The number of halogens is 1. The van der Waals surface area contributed by atoms with E-state index in [1.165, 1.54) is 0 Å². The van der Waals surface area contributed by atoms with Crippen molar-refractivity contribution in [3.63, 3.8) is 0 Å². The number of hydrogen-bond donors (Lipinski definition) is 1. The van der Waals surface area contributed by atoms with E-state index in [0.717, 1.165) is 22.1 Å². The lowest BCUT2D eigenvalue weighted by molar-refractivity contribution is -0.131. The van der Waals surface area contributed by atoms with E-state index in [4.69, 9.17) is 16.3 Å². The first-order valence-corrected chi connectivity index (χ1v) is 10.3. The number of carbonyl (C=O) groups is 2. The molecule has 3 aromatic rings. The van der Waals surface area contributed by atoms with Crippen LogP contribution in [0.2, 0.25) is 5.02 Å². The minimum atomic E-state index is -0.204. The molecule has 0 saturated carbocycles. The Labute approximate surface area is 187 Å². The number of benzene rings is 3. The summed E-state index contributed by atoms with van der Waals surface area (Å²) < 4.78 is 5.26. The van der Waals surface area contributed by atoms with E-state index < -0.39 is 0 Å². The molecule has 0 aromatic heterocycles. The first kappa shape index (κ1) is 22.6. The molecule has 0 aliphatic heterocycles. The lowest BCUT2D eigenvalue weighted by atomic mass is 10.1. The molecule has 1 N–H and O–H groups in total. The number of rotatable bonds is 8. The molecule has 2 amide bonds. The van der Waals surface area contributed by atoms with Gasteiger partial charge in [-0.25, -0.2) is 0 Å². The van der Waals surface area contributed by atoms with Crippen LogP contribution in [0.1, 0.15) is 5.56 Å². The van der Waals surface area contributed by atoms with Crippen LogP contribution in [-0.2, 0) is 16.1 Å². The molecule has 0 spiro atoms. The van der Waals surface area contributed by atoms with Crippen molar-refractivity contribution in [3.05, 3.63) is 71.2 Å². The predicted octanol–water partition coefficient (Wildman–Crippen LogP) is 4.03. The van der Waals surface area contributed by atoms with Crippen molar-refractivity contribution in [3.8, 4) is 5.75 Å². The Bertz CT molecular complexity index is 1090. The molecule has 3 rings (SSSR count). The van der Waals surface area contributed by atoms with Gasteiger partial charge in [-0.15, -0.1) is 0 Å². The van der Waals surface area contributed by atoms with Crippen molar-refractivity contribution in [1.29, 1.82) is 0 Å². The van der Waals surface area contributed by atoms with Gasteiger partial charge in [0.15, 0.2) is 0 Å². The summed E-state index contributed by atoms with van der Waals surface area (Å²) in [4.78, 5) is 28.2. The van der Waals surface area contributed by atoms with Gasteiger partial charge in [0.2, 0.25) is 11.8 Å². The summed E-state index contributed by atoms with van der Waals surface area (Å²) in [5.74, 6) is 0.549. The Hall–Kier alpha value is -3.09. The fourth-order valence-corrected chi connectivity index (χ4v) is 3.47. The maximum Gasteiger partial charge on any atom is 0.238 e. The molecule has 31 heavy (non-hydrogen) atoms. The number of hydrogen-bond acceptors (Lipinski definition) is 4. The Balaban J connectivity index is 1.52. The van der Waals surface area contributed by atoms with Gasteiger partial charge in [-0.3, -0.25) is 14.5 Å². The summed E-state index contributed by atoms with van der Waals surface area (Å²) in [5, 5.41) is 5.51. The third-order valence-electron chi connectivity index (χ3n) is 4.88. The van der Waals surface area contributed by atoms with Gasteiger partial charge < -0.3 is 15.0 Å². The van der Waals surface area contributed by atoms with Crippen molar-refractivity contribution in [1.82, 2.24) is 9.80 Å². The average Bonchev–Trinajstić information content (AvgIpc) is 2.73. The van der Waals surface area contributed by atoms with Gasteiger partial charge in [0, 0.05) is 24.3 Å². The maximum atomic E-state index is 12.6. The highest BCUT2D eigenvalue weighted by Gasteiger charge is 2.15. The quantitative estimate of drug-likeness (QED) is 0.575. The number of ether oxygens (including phenoxy) is 1. The molecular weight excluding hydrogens is 414 g/mol. The minimum Gasteiger partial charge on any atom is -0.497 e. The second kappa shape index (κ2) is 10.3. The maximum absolute atomic E-state index is 12.6. The van der Waals surface area contributed by atoms with E-state index in [9.17, 15) is 9.59 Å². The number of amides is 2. The highest BCUT2D eigenvalue weighted by Crippen LogP contribution is 2.22. The molecule has 0 fully saturated rings. The van der Waals surface area contributed by atoms with Crippen molar-refractivity contribution < 1.29 is 14.3 Å². The Morgan fingerprint density at radius 1 is 0.968 bits per heavy atom. The second-order valence-electron chi connectivity index (χ2n) is 7.53. The van der Waals surface area contributed by atoms with Crippen molar-refractivity contribution >= 4 is 39.9 Å². The van der Waals surface area contributed by atoms with E-state index in [0.29, 0.717) is 17.3 Å². The van der Waals surface area contributed by atoms with Crippen molar-refractivity contribution in [2.75, 3.05) is 39.6 Å². The van der Waals surface area contributed by atoms with Crippen LogP contribution < -0.4 is 10.1 Å². The summed E-state index contributed by atoms with van der Waals surface area (Å²) in [6.45, 7) is 0.734. The fourth-order valence-electron chi connectivity index (χ4n) is 3.28. The highest BCUT2D eigenvalue weighted by atomic mass is 35.5. The monoisotopic (exact) mass is 439 g/mol. The van der Waals surface area contributed by atoms with E-state index in [2.05, 4.69) is 11.4 Å². The molecule has 0 bridgehead atoms. The average molecular weight is 440 g/mol. The molecule has 7 heteroatoms.